The molecule has 0 saturated carbocycles. The lowest BCUT2D eigenvalue weighted by molar-refractivity contribution is 0.102. The van der Waals surface area contributed by atoms with Gasteiger partial charge in [0.1, 0.15) is 0 Å². The van der Waals surface area contributed by atoms with Crippen molar-refractivity contribution in [1.29, 1.82) is 0 Å². The van der Waals surface area contributed by atoms with Crippen molar-refractivity contribution in [2.24, 2.45) is 7.05 Å². The number of aromatic nitrogens is 2. The molecular weight excluding hydrogens is 493 g/mol. The minimum absolute atomic E-state index is 0.0450. The van der Waals surface area contributed by atoms with Crippen LogP contribution in [0.25, 0.3) is 11.3 Å². The van der Waals surface area contributed by atoms with Gasteiger partial charge in [0.2, 0.25) is 0 Å². The Kier molecular flexibility index (Phi) is 8.76. The normalized spacial score (nSPS) is 10.8. The molecule has 4 rings (SSSR count). The molecule has 8 heteroatoms. The lowest BCUT2D eigenvalue weighted by Gasteiger charge is -2.17. The lowest BCUT2D eigenvalue weighted by atomic mass is 10.0. The van der Waals surface area contributed by atoms with Crippen LogP contribution in [0.4, 0.5) is 27.3 Å². The van der Waals surface area contributed by atoms with Crippen molar-refractivity contribution < 1.29 is 9.18 Å². The molecule has 0 atom stereocenters. The van der Waals surface area contributed by atoms with Gasteiger partial charge in [0.25, 0.3) is 11.5 Å². The van der Waals surface area contributed by atoms with Crippen LogP contribution < -0.4 is 21.1 Å². The number of anilines is 4. The van der Waals surface area contributed by atoms with E-state index in [1.165, 1.54) is 16.8 Å². The molecule has 0 bridgehead atoms. The Morgan fingerprint density at radius 3 is 2.49 bits per heavy atom. The Bertz CT molecular complexity index is 1510. The quantitative estimate of drug-likeness (QED) is 0.250. The van der Waals surface area contributed by atoms with Crippen molar-refractivity contribution in [1.82, 2.24) is 9.55 Å². The number of aryl methyl sites for hydroxylation is 2. The van der Waals surface area contributed by atoms with Gasteiger partial charge in [0, 0.05) is 49.3 Å². The van der Waals surface area contributed by atoms with E-state index in [0.29, 0.717) is 11.3 Å². The maximum atomic E-state index is 15.7. The van der Waals surface area contributed by atoms with E-state index in [2.05, 4.69) is 34.4 Å². The summed E-state index contributed by atoms with van der Waals surface area (Å²) in [4.78, 5) is 32.5. The monoisotopic (exact) mass is 527 g/mol. The van der Waals surface area contributed by atoms with Crippen LogP contribution in [-0.2, 0) is 13.5 Å². The maximum Gasteiger partial charge on any atom is 0.293 e. The van der Waals surface area contributed by atoms with Crippen LogP contribution in [0.15, 0.2) is 77.7 Å². The van der Waals surface area contributed by atoms with Gasteiger partial charge in [-0.2, -0.15) is 0 Å². The van der Waals surface area contributed by atoms with Gasteiger partial charge in [-0.05, 0) is 67.8 Å². The Morgan fingerprint density at radius 1 is 1.03 bits per heavy atom. The zero-order valence-electron chi connectivity index (χ0n) is 22.8. The van der Waals surface area contributed by atoms with Gasteiger partial charge in [-0.1, -0.05) is 37.6 Å². The number of rotatable bonds is 10. The van der Waals surface area contributed by atoms with Gasteiger partial charge in [0.15, 0.2) is 11.6 Å². The molecule has 202 valence electrons. The SMILES string of the molecule is CCCCc1ccccc1C(=O)Nc1cccc(-c2cn(C)c(=O)c(Nc3ccc(N(C)CC)cc3)n2)c1F. The molecular formula is C31H34FN5O2. The molecule has 0 spiro atoms. The first-order chi connectivity index (χ1) is 18.8. The Balaban J connectivity index is 1.62. The average Bonchev–Trinajstić information content (AvgIpc) is 2.95. The van der Waals surface area contributed by atoms with E-state index in [4.69, 9.17) is 0 Å². The van der Waals surface area contributed by atoms with E-state index < -0.39 is 5.82 Å². The number of halogens is 1. The fraction of sp³-hybridized carbons (Fsp3) is 0.258. The summed E-state index contributed by atoms with van der Waals surface area (Å²) < 4.78 is 17.1. The Hall–Kier alpha value is -4.46. The summed E-state index contributed by atoms with van der Waals surface area (Å²) in [6.45, 7) is 5.03. The first kappa shape index (κ1) is 27.6. The van der Waals surface area contributed by atoms with Crippen molar-refractivity contribution in [3.8, 4) is 11.3 Å². The zero-order chi connectivity index (χ0) is 27.9. The van der Waals surface area contributed by atoms with Gasteiger partial charge in [0.05, 0.1) is 11.4 Å². The molecule has 3 aromatic carbocycles. The van der Waals surface area contributed by atoms with Crippen molar-refractivity contribution in [3.63, 3.8) is 0 Å². The van der Waals surface area contributed by atoms with E-state index in [0.717, 1.165) is 37.1 Å². The molecule has 1 aromatic heterocycles. The number of carbonyl (C=O) groups excluding carboxylic acids is 1. The summed E-state index contributed by atoms with van der Waals surface area (Å²) in [6, 6.07) is 19.8. The van der Waals surface area contributed by atoms with E-state index >= 15 is 4.39 Å². The molecule has 0 aliphatic rings. The number of unbranched alkanes of at least 4 members (excludes halogenated alkanes) is 1. The van der Waals surface area contributed by atoms with E-state index in [9.17, 15) is 9.59 Å². The van der Waals surface area contributed by atoms with Crippen LogP contribution in [0.1, 0.15) is 42.6 Å². The van der Waals surface area contributed by atoms with Crippen LogP contribution in [0, 0.1) is 5.82 Å². The summed E-state index contributed by atoms with van der Waals surface area (Å²) >= 11 is 0. The molecule has 2 N–H and O–H groups in total. The molecule has 0 fully saturated rings. The van der Waals surface area contributed by atoms with Crippen LogP contribution >= 0.6 is 0 Å². The molecule has 1 heterocycles. The maximum absolute atomic E-state index is 15.7. The standard InChI is InChI=1S/C31H34FN5O2/c1-5-7-11-21-12-8-9-13-24(21)30(38)35-26-15-10-14-25(28(26)32)27-20-37(4)31(39)29(34-27)33-22-16-18-23(19-17-22)36(3)6-2/h8-10,12-20H,5-7,11H2,1-4H3,(H,33,34)(H,35,38). The third-order valence-corrected chi connectivity index (χ3v) is 6.70. The largest absolute Gasteiger partial charge is 0.375 e. The molecule has 1 amide bonds. The highest BCUT2D eigenvalue weighted by molar-refractivity contribution is 6.05. The highest BCUT2D eigenvalue weighted by Gasteiger charge is 2.18. The van der Waals surface area contributed by atoms with Crippen LogP contribution in [-0.4, -0.2) is 29.1 Å². The first-order valence-electron chi connectivity index (χ1n) is 13.2. The van der Waals surface area contributed by atoms with E-state index in [1.807, 2.05) is 43.4 Å². The molecule has 0 aliphatic carbocycles. The minimum atomic E-state index is -0.624. The highest BCUT2D eigenvalue weighted by Crippen LogP contribution is 2.28. The summed E-state index contributed by atoms with van der Waals surface area (Å²) in [6.07, 6.45) is 4.23. The second kappa shape index (κ2) is 12.4. The smallest absolute Gasteiger partial charge is 0.293 e. The number of hydrogen-bond donors (Lipinski definition) is 2. The predicted octanol–water partition coefficient (Wildman–Crippen LogP) is 6.38. The third-order valence-electron chi connectivity index (χ3n) is 6.70. The number of amides is 1. The summed E-state index contributed by atoms with van der Waals surface area (Å²) in [7, 11) is 3.59. The molecule has 39 heavy (non-hydrogen) atoms. The number of benzene rings is 3. The summed E-state index contributed by atoms with van der Waals surface area (Å²) in [5.41, 5.74) is 3.33. The Labute approximate surface area is 228 Å². The fourth-order valence-electron chi connectivity index (χ4n) is 4.28. The number of carbonyl (C=O) groups is 1. The van der Waals surface area contributed by atoms with Gasteiger partial charge >= 0.3 is 0 Å². The second-order valence-corrected chi connectivity index (χ2v) is 9.46. The molecule has 0 aliphatic heterocycles. The molecule has 4 aromatic rings. The average molecular weight is 528 g/mol. The number of nitrogens with one attached hydrogen (secondary N) is 2. The topological polar surface area (TPSA) is 79.3 Å². The summed E-state index contributed by atoms with van der Waals surface area (Å²) in [5.74, 6) is -0.920. The number of nitrogens with zero attached hydrogens (tertiary/aromatic N) is 3. The van der Waals surface area contributed by atoms with Crippen LogP contribution in [0.3, 0.4) is 0 Å². The van der Waals surface area contributed by atoms with E-state index in [-0.39, 0.29) is 34.2 Å². The van der Waals surface area contributed by atoms with Gasteiger partial charge in [-0.15, -0.1) is 0 Å². The zero-order valence-corrected chi connectivity index (χ0v) is 22.8. The van der Waals surface area contributed by atoms with Crippen molar-refractivity contribution in [2.75, 3.05) is 29.1 Å². The third kappa shape index (κ3) is 6.34. The van der Waals surface area contributed by atoms with Crippen LogP contribution in [0.2, 0.25) is 0 Å². The molecule has 0 unspecified atom stereocenters. The second-order valence-electron chi connectivity index (χ2n) is 9.46. The van der Waals surface area contributed by atoms with E-state index in [1.54, 1.807) is 31.3 Å². The number of hydrogen-bond acceptors (Lipinski definition) is 5. The van der Waals surface area contributed by atoms with Gasteiger partial charge in [-0.3, -0.25) is 9.59 Å². The minimum Gasteiger partial charge on any atom is -0.375 e. The molecule has 7 nitrogen and oxygen atoms in total. The lowest BCUT2D eigenvalue weighted by Crippen LogP contribution is -2.22. The fourth-order valence-corrected chi connectivity index (χ4v) is 4.28. The van der Waals surface area contributed by atoms with Crippen molar-refractivity contribution in [3.05, 3.63) is 100 Å². The van der Waals surface area contributed by atoms with Gasteiger partial charge in [-0.25, -0.2) is 9.37 Å². The van der Waals surface area contributed by atoms with Gasteiger partial charge < -0.3 is 20.1 Å². The predicted molar refractivity (Wildman–Crippen MR) is 157 cm³/mol. The molecule has 0 saturated heterocycles. The van der Waals surface area contributed by atoms with Crippen molar-refractivity contribution >= 4 is 28.8 Å². The highest BCUT2D eigenvalue weighted by atomic mass is 19.1. The van der Waals surface area contributed by atoms with Crippen molar-refractivity contribution in [2.45, 2.75) is 33.1 Å². The summed E-state index contributed by atoms with van der Waals surface area (Å²) in [5, 5.41) is 5.79. The first-order valence-corrected chi connectivity index (χ1v) is 13.2. The van der Waals surface area contributed by atoms with Crippen LogP contribution in [0.5, 0.6) is 0 Å². The Morgan fingerprint density at radius 2 is 1.77 bits per heavy atom. The molecule has 0 radical (unpaired) electrons.